The van der Waals surface area contributed by atoms with E-state index in [1.807, 2.05) is 18.2 Å². The van der Waals surface area contributed by atoms with E-state index in [1.165, 1.54) is 4.90 Å². The zero-order chi connectivity index (χ0) is 19.0. The first-order valence-electron chi connectivity index (χ1n) is 8.27. The molecule has 0 bridgehead atoms. The van der Waals surface area contributed by atoms with E-state index in [4.69, 9.17) is 10.00 Å². The predicted octanol–water partition coefficient (Wildman–Crippen LogP) is 1.59. The number of para-hydroxylation sites is 2. The van der Waals surface area contributed by atoms with Gasteiger partial charge in [0.05, 0.1) is 22.8 Å². The Kier molecular flexibility index (Phi) is 3.97. The molecule has 0 saturated heterocycles. The number of hydrogen-bond donors (Lipinski definition) is 2. The molecule has 2 N–H and O–H groups in total. The fourth-order valence-corrected chi connectivity index (χ4v) is 3.04. The van der Waals surface area contributed by atoms with Crippen molar-refractivity contribution in [2.24, 2.45) is 0 Å². The van der Waals surface area contributed by atoms with E-state index in [0.29, 0.717) is 27.9 Å². The number of nitrogens with zero attached hydrogens (tertiary/aromatic N) is 3. The lowest BCUT2D eigenvalue weighted by atomic mass is 10.1. The van der Waals surface area contributed by atoms with Gasteiger partial charge in [0.2, 0.25) is 0 Å². The number of ether oxygens (including phenoxy) is 1. The van der Waals surface area contributed by atoms with E-state index in [0.717, 1.165) is 0 Å². The number of carbonyl (C=O) groups excluding carboxylic acids is 2. The van der Waals surface area contributed by atoms with Crippen molar-refractivity contribution in [3.8, 4) is 11.8 Å². The molecule has 1 aromatic heterocycles. The number of likely N-dealkylation sites (N-methyl/N-ethyl adjacent to an activating group) is 1. The average Bonchev–Trinajstić information content (AvgIpc) is 3.08. The summed E-state index contributed by atoms with van der Waals surface area (Å²) in [5.74, 6) is -0.225. The van der Waals surface area contributed by atoms with Crippen LogP contribution < -0.4 is 15.0 Å². The lowest BCUT2D eigenvalue weighted by Gasteiger charge is -2.20. The van der Waals surface area contributed by atoms with Crippen molar-refractivity contribution in [3.63, 3.8) is 0 Å². The van der Waals surface area contributed by atoms with Crippen LogP contribution in [0, 0.1) is 11.3 Å². The molecule has 27 heavy (non-hydrogen) atoms. The highest BCUT2D eigenvalue weighted by molar-refractivity contribution is 6.08. The third-order valence-electron chi connectivity index (χ3n) is 4.47. The summed E-state index contributed by atoms with van der Waals surface area (Å²) >= 11 is 0. The molecule has 8 nitrogen and oxygen atoms in total. The molecule has 2 amide bonds. The van der Waals surface area contributed by atoms with Crippen LogP contribution in [0.1, 0.15) is 16.1 Å². The SMILES string of the molecule is CN1C(=O)[C@@H](NC(=O)c2n[nH]c3ccc(C#N)cc23)COc2ccccc21. The smallest absolute Gasteiger partial charge is 0.273 e. The molecule has 8 heteroatoms. The summed E-state index contributed by atoms with van der Waals surface area (Å²) in [6, 6.07) is 13.3. The van der Waals surface area contributed by atoms with Gasteiger partial charge in [0.1, 0.15) is 18.4 Å². The van der Waals surface area contributed by atoms with Gasteiger partial charge in [-0.25, -0.2) is 0 Å². The Morgan fingerprint density at radius 2 is 2.19 bits per heavy atom. The molecule has 0 aliphatic carbocycles. The highest BCUT2D eigenvalue weighted by atomic mass is 16.5. The molecule has 1 aliphatic heterocycles. The number of nitrogens with one attached hydrogen (secondary N) is 2. The Bertz CT molecular complexity index is 1100. The van der Waals surface area contributed by atoms with Gasteiger partial charge in [-0.1, -0.05) is 12.1 Å². The normalized spacial score (nSPS) is 16.2. The number of aromatic amines is 1. The van der Waals surface area contributed by atoms with Crippen LogP contribution in [0.5, 0.6) is 5.75 Å². The van der Waals surface area contributed by atoms with Crippen molar-refractivity contribution in [1.82, 2.24) is 15.5 Å². The van der Waals surface area contributed by atoms with E-state index in [1.54, 1.807) is 37.4 Å². The van der Waals surface area contributed by atoms with Crippen LogP contribution in [0.25, 0.3) is 10.9 Å². The molecule has 2 aromatic carbocycles. The molecule has 1 aliphatic rings. The van der Waals surface area contributed by atoms with E-state index >= 15 is 0 Å². The Morgan fingerprint density at radius 3 is 3.00 bits per heavy atom. The van der Waals surface area contributed by atoms with Crippen LogP contribution in [0.4, 0.5) is 5.69 Å². The van der Waals surface area contributed by atoms with Gasteiger partial charge in [-0.2, -0.15) is 10.4 Å². The fraction of sp³-hybridized carbons (Fsp3) is 0.158. The van der Waals surface area contributed by atoms with Crippen molar-refractivity contribution in [2.45, 2.75) is 6.04 Å². The molecule has 3 aromatic rings. The molecule has 134 valence electrons. The minimum atomic E-state index is -0.860. The van der Waals surface area contributed by atoms with E-state index in [-0.39, 0.29) is 18.2 Å². The molecular weight excluding hydrogens is 346 g/mol. The highest BCUT2D eigenvalue weighted by Gasteiger charge is 2.31. The molecule has 1 atom stereocenters. The third kappa shape index (κ3) is 2.85. The zero-order valence-electron chi connectivity index (χ0n) is 14.4. The summed E-state index contributed by atoms with van der Waals surface area (Å²) < 4.78 is 5.70. The molecular formula is C19H15N5O3. The maximum Gasteiger partial charge on any atom is 0.273 e. The molecule has 0 unspecified atom stereocenters. The summed E-state index contributed by atoms with van der Waals surface area (Å²) in [4.78, 5) is 26.9. The van der Waals surface area contributed by atoms with E-state index < -0.39 is 11.9 Å². The molecule has 0 radical (unpaired) electrons. The Labute approximate surface area is 154 Å². The Balaban J connectivity index is 1.60. The summed E-state index contributed by atoms with van der Waals surface area (Å²) in [7, 11) is 1.64. The van der Waals surface area contributed by atoms with Gasteiger partial charge in [-0.15, -0.1) is 0 Å². The van der Waals surface area contributed by atoms with Crippen LogP contribution >= 0.6 is 0 Å². The number of anilines is 1. The van der Waals surface area contributed by atoms with Crippen molar-refractivity contribution >= 4 is 28.4 Å². The fourth-order valence-electron chi connectivity index (χ4n) is 3.04. The lowest BCUT2D eigenvalue weighted by molar-refractivity contribution is -0.120. The number of fused-ring (bicyclic) bond motifs is 2. The number of carbonyl (C=O) groups is 2. The maximum atomic E-state index is 12.7. The van der Waals surface area contributed by atoms with Crippen molar-refractivity contribution in [1.29, 1.82) is 5.26 Å². The highest BCUT2D eigenvalue weighted by Crippen LogP contribution is 2.30. The summed E-state index contributed by atoms with van der Waals surface area (Å²) in [6.07, 6.45) is 0. The second-order valence-corrected chi connectivity index (χ2v) is 6.15. The summed E-state index contributed by atoms with van der Waals surface area (Å²) in [6.45, 7) is 0.0116. The third-order valence-corrected chi connectivity index (χ3v) is 4.47. The number of rotatable bonds is 2. The van der Waals surface area contributed by atoms with Crippen LogP contribution in [-0.4, -0.2) is 41.7 Å². The quantitative estimate of drug-likeness (QED) is 0.720. The molecule has 0 spiro atoms. The van der Waals surface area contributed by atoms with E-state index in [9.17, 15) is 9.59 Å². The number of amides is 2. The summed E-state index contributed by atoms with van der Waals surface area (Å²) in [5.41, 5.74) is 1.82. The Hall–Kier alpha value is -3.86. The van der Waals surface area contributed by atoms with Crippen molar-refractivity contribution < 1.29 is 14.3 Å². The minimum absolute atomic E-state index is 0.0116. The second-order valence-electron chi connectivity index (χ2n) is 6.15. The number of H-pyrrole nitrogens is 1. The monoisotopic (exact) mass is 361 g/mol. The number of nitriles is 1. The van der Waals surface area contributed by atoms with Crippen LogP contribution in [0.2, 0.25) is 0 Å². The zero-order valence-corrected chi connectivity index (χ0v) is 14.4. The average molecular weight is 361 g/mol. The second kappa shape index (κ2) is 6.46. The number of hydrogen-bond acceptors (Lipinski definition) is 5. The van der Waals surface area contributed by atoms with Gasteiger partial charge in [0.25, 0.3) is 11.8 Å². The molecule has 4 rings (SSSR count). The first-order valence-corrected chi connectivity index (χ1v) is 8.27. The van der Waals surface area contributed by atoms with Crippen LogP contribution in [0.15, 0.2) is 42.5 Å². The first-order chi connectivity index (χ1) is 13.1. The maximum absolute atomic E-state index is 12.7. The van der Waals surface area contributed by atoms with Crippen molar-refractivity contribution in [2.75, 3.05) is 18.6 Å². The van der Waals surface area contributed by atoms with Gasteiger partial charge in [0, 0.05) is 12.4 Å². The summed E-state index contributed by atoms with van der Waals surface area (Å²) in [5, 5.41) is 19.1. The first kappa shape index (κ1) is 16.6. The predicted molar refractivity (Wildman–Crippen MR) is 97.4 cm³/mol. The van der Waals surface area contributed by atoms with Gasteiger partial charge in [0.15, 0.2) is 5.69 Å². The minimum Gasteiger partial charge on any atom is -0.489 e. The molecule has 2 heterocycles. The van der Waals surface area contributed by atoms with Crippen LogP contribution in [-0.2, 0) is 4.79 Å². The number of benzene rings is 2. The molecule has 0 saturated carbocycles. The van der Waals surface area contributed by atoms with Gasteiger partial charge in [-0.05, 0) is 30.3 Å². The van der Waals surface area contributed by atoms with Gasteiger partial charge >= 0.3 is 0 Å². The molecule has 0 fully saturated rings. The largest absolute Gasteiger partial charge is 0.489 e. The Morgan fingerprint density at radius 1 is 1.37 bits per heavy atom. The van der Waals surface area contributed by atoms with Gasteiger partial charge < -0.3 is 15.0 Å². The standard InChI is InChI=1S/C19H15N5O3/c1-24-15-4-2-3-5-16(15)27-10-14(19(24)26)21-18(25)17-12-8-11(9-20)6-7-13(12)22-23-17/h2-8,14H,10H2,1H3,(H,21,25)(H,22,23)/t14-/m0/s1. The number of aromatic nitrogens is 2. The van der Waals surface area contributed by atoms with Gasteiger partial charge in [-0.3, -0.25) is 14.7 Å². The lowest BCUT2D eigenvalue weighted by Crippen LogP contribution is -2.49. The van der Waals surface area contributed by atoms with E-state index in [2.05, 4.69) is 15.5 Å². The van der Waals surface area contributed by atoms with Crippen molar-refractivity contribution in [3.05, 3.63) is 53.7 Å². The van der Waals surface area contributed by atoms with Crippen LogP contribution in [0.3, 0.4) is 0 Å². The topological polar surface area (TPSA) is 111 Å².